The number of tetrazole rings is 1. The van der Waals surface area contributed by atoms with Crippen LogP contribution < -0.4 is 10.6 Å². The predicted octanol–water partition coefficient (Wildman–Crippen LogP) is 4.50. The number of likely N-dealkylation sites (tertiary alicyclic amines) is 1. The summed E-state index contributed by atoms with van der Waals surface area (Å²) >= 11 is 0. The number of anilines is 1. The van der Waals surface area contributed by atoms with Crippen LogP contribution in [-0.2, 0) is 19.6 Å². The van der Waals surface area contributed by atoms with Crippen molar-refractivity contribution in [1.82, 2.24) is 30.4 Å². The van der Waals surface area contributed by atoms with Gasteiger partial charge in [0, 0.05) is 31.4 Å². The highest BCUT2D eigenvalue weighted by Gasteiger charge is 2.32. The van der Waals surface area contributed by atoms with Gasteiger partial charge in [0.25, 0.3) is 0 Å². The van der Waals surface area contributed by atoms with Crippen LogP contribution in [0.4, 0.5) is 28.0 Å². The number of amides is 2. The number of nitrogens with one attached hydrogen (secondary N) is 2. The van der Waals surface area contributed by atoms with Gasteiger partial charge in [-0.15, -0.1) is 5.10 Å². The Morgan fingerprint density at radius 1 is 1.16 bits per heavy atom. The molecule has 37 heavy (non-hydrogen) atoms. The Balaban J connectivity index is 1.26. The summed E-state index contributed by atoms with van der Waals surface area (Å²) in [6.07, 6.45) is -0.787. The van der Waals surface area contributed by atoms with Gasteiger partial charge in [0.2, 0.25) is 0 Å². The van der Waals surface area contributed by atoms with Crippen LogP contribution in [0.2, 0.25) is 0 Å². The number of hydrogen-bond acceptors (Lipinski definition) is 5. The molecule has 4 rings (SSSR count). The molecule has 0 spiro atoms. The first-order valence-corrected chi connectivity index (χ1v) is 12.1. The van der Waals surface area contributed by atoms with Crippen molar-refractivity contribution in [3.8, 4) is 11.4 Å². The molecule has 0 radical (unpaired) electrons. The zero-order valence-corrected chi connectivity index (χ0v) is 20.4. The molecule has 2 aromatic carbocycles. The maximum absolute atomic E-state index is 13.4. The molecule has 2 amide bonds. The second-order valence-electron chi connectivity index (χ2n) is 9.30. The van der Waals surface area contributed by atoms with Crippen LogP contribution in [0.1, 0.15) is 30.4 Å². The first kappa shape index (κ1) is 26.5. The summed E-state index contributed by atoms with van der Waals surface area (Å²) in [4.78, 5) is 14.7. The minimum Gasteiger partial charge on any atom is -0.338 e. The topological polar surface area (TPSA) is 88.0 Å². The molecule has 0 aliphatic carbocycles. The maximum atomic E-state index is 13.4. The summed E-state index contributed by atoms with van der Waals surface area (Å²) < 4.78 is 54.6. The van der Waals surface area contributed by atoms with Crippen LogP contribution in [0.25, 0.3) is 11.4 Å². The fourth-order valence-corrected chi connectivity index (χ4v) is 4.62. The van der Waals surface area contributed by atoms with Gasteiger partial charge >= 0.3 is 12.2 Å². The zero-order chi connectivity index (χ0) is 26.4. The lowest BCUT2D eigenvalue weighted by molar-refractivity contribution is -0.137. The van der Waals surface area contributed by atoms with Gasteiger partial charge in [0.1, 0.15) is 5.82 Å². The van der Waals surface area contributed by atoms with E-state index in [-0.39, 0.29) is 22.9 Å². The maximum Gasteiger partial charge on any atom is 0.416 e. The number of piperidine rings is 1. The molecule has 1 atom stereocenters. The number of benzene rings is 2. The predicted molar refractivity (Wildman–Crippen MR) is 130 cm³/mol. The monoisotopic (exact) mass is 519 g/mol. The summed E-state index contributed by atoms with van der Waals surface area (Å²) in [5.74, 6) is 0.408. The molecule has 1 saturated heterocycles. The van der Waals surface area contributed by atoms with Gasteiger partial charge in [-0.05, 0) is 91.0 Å². The van der Waals surface area contributed by atoms with Crippen LogP contribution in [0, 0.1) is 11.7 Å². The molecular formula is C25H29F4N7O. The number of alkyl halides is 3. The Bertz CT molecular complexity index is 1200. The average Bonchev–Trinajstić information content (AvgIpc) is 3.29. The Morgan fingerprint density at radius 3 is 2.65 bits per heavy atom. The fourth-order valence-electron chi connectivity index (χ4n) is 4.62. The number of urea groups is 1. The third kappa shape index (κ3) is 7.48. The fraction of sp³-hybridized carbons (Fsp3) is 0.440. The van der Waals surface area contributed by atoms with E-state index in [9.17, 15) is 22.4 Å². The summed E-state index contributed by atoms with van der Waals surface area (Å²) in [5, 5.41) is 16.1. The highest BCUT2D eigenvalue weighted by atomic mass is 19.4. The van der Waals surface area contributed by atoms with Crippen LogP contribution in [-0.4, -0.2) is 57.3 Å². The number of carbonyl (C=O) groups is 1. The average molecular weight is 520 g/mol. The lowest BCUT2D eigenvalue weighted by Gasteiger charge is -2.32. The van der Waals surface area contributed by atoms with Gasteiger partial charge in [-0.25, -0.2) is 13.9 Å². The second kappa shape index (κ2) is 11.7. The lowest BCUT2D eigenvalue weighted by atomic mass is 9.91. The molecule has 8 nitrogen and oxygen atoms in total. The van der Waals surface area contributed by atoms with Gasteiger partial charge in [-0.3, -0.25) is 0 Å². The second-order valence-corrected chi connectivity index (χ2v) is 9.30. The summed E-state index contributed by atoms with van der Waals surface area (Å²) in [6.45, 7) is 3.10. The minimum absolute atomic E-state index is 0.00927. The standard InChI is InChI=1S/C25H29F4N7O/c1-35-23(32-33-34-35)19-13-20(25(27,28)29)15-22(14-19)31-24(37)30-9-3-11-36-10-2-4-18(16-36)12-17-5-7-21(26)8-6-17/h5-8,13-15,18H,2-4,9-12,16H2,1H3,(H2,30,31,37). The normalized spacial score (nSPS) is 16.5. The molecular weight excluding hydrogens is 490 g/mol. The number of nitrogens with zero attached hydrogens (tertiary/aromatic N) is 5. The van der Waals surface area contributed by atoms with Crippen LogP contribution in [0.5, 0.6) is 0 Å². The van der Waals surface area contributed by atoms with E-state index in [1.807, 2.05) is 12.1 Å². The van der Waals surface area contributed by atoms with E-state index >= 15 is 0 Å². The van der Waals surface area contributed by atoms with Crippen LogP contribution >= 0.6 is 0 Å². The highest BCUT2D eigenvalue weighted by molar-refractivity contribution is 5.90. The third-order valence-electron chi connectivity index (χ3n) is 6.37. The smallest absolute Gasteiger partial charge is 0.338 e. The van der Waals surface area contributed by atoms with Gasteiger partial charge in [0.05, 0.1) is 5.56 Å². The van der Waals surface area contributed by atoms with Gasteiger partial charge in [-0.2, -0.15) is 13.2 Å². The minimum atomic E-state index is -4.60. The first-order valence-electron chi connectivity index (χ1n) is 12.1. The Hall–Kier alpha value is -3.54. The highest BCUT2D eigenvalue weighted by Crippen LogP contribution is 2.34. The van der Waals surface area contributed by atoms with Crippen molar-refractivity contribution in [1.29, 1.82) is 0 Å². The number of halogens is 4. The van der Waals surface area contributed by atoms with Crippen molar-refractivity contribution in [2.24, 2.45) is 13.0 Å². The van der Waals surface area contributed by atoms with Crippen LogP contribution in [0.15, 0.2) is 42.5 Å². The van der Waals surface area contributed by atoms with E-state index in [4.69, 9.17) is 0 Å². The molecule has 12 heteroatoms. The Morgan fingerprint density at radius 2 is 1.95 bits per heavy atom. The Labute approximate surface area is 212 Å². The number of aryl methyl sites for hydroxylation is 1. The molecule has 1 fully saturated rings. The van der Waals surface area contributed by atoms with E-state index in [1.54, 1.807) is 0 Å². The number of rotatable bonds is 8. The van der Waals surface area contributed by atoms with Gasteiger partial charge in [-0.1, -0.05) is 12.1 Å². The first-order chi connectivity index (χ1) is 17.7. The molecule has 1 aliphatic rings. The van der Waals surface area contributed by atoms with Gasteiger partial charge in [0.15, 0.2) is 5.82 Å². The number of hydrogen-bond donors (Lipinski definition) is 2. The van der Waals surface area contributed by atoms with E-state index < -0.39 is 17.8 Å². The van der Waals surface area contributed by atoms with Crippen molar-refractivity contribution in [3.63, 3.8) is 0 Å². The quantitative estimate of drug-likeness (QED) is 0.338. The van der Waals surface area contributed by atoms with Crippen molar-refractivity contribution in [2.45, 2.75) is 31.9 Å². The van der Waals surface area contributed by atoms with E-state index in [0.29, 0.717) is 18.9 Å². The molecule has 1 aromatic heterocycles. The van der Waals surface area contributed by atoms with Crippen molar-refractivity contribution >= 4 is 11.7 Å². The molecule has 2 N–H and O–H groups in total. The van der Waals surface area contributed by atoms with E-state index in [1.165, 1.54) is 29.9 Å². The van der Waals surface area contributed by atoms with E-state index in [2.05, 4.69) is 31.1 Å². The van der Waals surface area contributed by atoms with Crippen LogP contribution in [0.3, 0.4) is 0 Å². The summed E-state index contributed by atoms with van der Waals surface area (Å²) in [6, 6.07) is 9.25. The van der Waals surface area contributed by atoms with Crippen molar-refractivity contribution in [3.05, 3.63) is 59.4 Å². The molecule has 2 heterocycles. The molecule has 0 bridgehead atoms. The largest absolute Gasteiger partial charge is 0.416 e. The Kier molecular flexibility index (Phi) is 8.37. The molecule has 0 saturated carbocycles. The third-order valence-corrected chi connectivity index (χ3v) is 6.37. The number of carbonyl (C=O) groups excluding carboxylic acids is 1. The molecule has 1 unspecified atom stereocenters. The molecule has 1 aliphatic heterocycles. The van der Waals surface area contributed by atoms with Crippen molar-refractivity contribution < 1.29 is 22.4 Å². The molecule has 3 aromatic rings. The van der Waals surface area contributed by atoms with Gasteiger partial charge < -0.3 is 15.5 Å². The van der Waals surface area contributed by atoms with E-state index in [0.717, 1.165) is 56.6 Å². The lowest BCUT2D eigenvalue weighted by Crippen LogP contribution is -2.38. The number of aromatic nitrogens is 4. The van der Waals surface area contributed by atoms with Crippen molar-refractivity contribution in [2.75, 3.05) is 31.5 Å². The SMILES string of the molecule is Cn1nnnc1-c1cc(NC(=O)NCCCN2CCCC(Cc3ccc(F)cc3)C2)cc(C(F)(F)F)c1. The summed E-state index contributed by atoms with van der Waals surface area (Å²) in [5.41, 5.74) is 0.339. The zero-order valence-electron chi connectivity index (χ0n) is 20.4. The summed E-state index contributed by atoms with van der Waals surface area (Å²) in [7, 11) is 1.52. The molecule has 198 valence electrons.